The predicted octanol–water partition coefficient (Wildman–Crippen LogP) is 2.45. The second-order valence-corrected chi connectivity index (χ2v) is 5.71. The maximum absolute atomic E-state index is 12.2. The van der Waals surface area contributed by atoms with Gasteiger partial charge in [-0.3, -0.25) is 9.20 Å². The molecule has 23 heavy (non-hydrogen) atoms. The molecule has 1 amide bonds. The SMILES string of the molecule is COCCNC(=O)c1csc2nc(-c3ccc(OC)cc3)cn12. The molecule has 0 saturated carbocycles. The average Bonchev–Trinajstić information content (AvgIpc) is 3.15. The van der Waals surface area contributed by atoms with Gasteiger partial charge in [0.15, 0.2) is 4.96 Å². The third-order valence-electron chi connectivity index (χ3n) is 3.42. The van der Waals surface area contributed by atoms with E-state index in [2.05, 4.69) is 10.3 Å². The molecular weight excluding hydrogens is 314 g/mol. The van der Waals surface area contributed by atoms with Crippen LogP contribution in [0.5, 0.6) is 5.75 Å². The highest BCUT2D eigenvalue weighted by Crippen LogP contribution is 2.25. The van der Waals surface area contributed by atoms with Crippen LogP contribution >= 0.6 is 11.3 Å². The van der Waals surface area contributed by atoms with Crippen LogP contribution in [0.3, 0.4) is 0 Å². The molecule has 0 saturated heterocycles. The van der Waals surface area contributed by atoms with Crippen molar-refractivity contribution < 1.29 is 14.3 Å². The third-order valence-corrected chi connectivity index (χ3v) is 4.26. The van der Waals surface area contributed by atoms with E-state index in [9.17, 15) is 4.79 Å². The number of fused-ring (bicyclic) bond motifs is 1. The highest BCUT2D eigenvalue weighted by Gasteiger charge is 2.14. The van der Waals surface area contributed by atoms with Crippen molar-refractivity contribution in [1.82, 2.24) is 14.7 Å². The Morgan fingerprint density at radius 1 is 1.30 bits per heavy atom. The van der Waals surface area contributed by atoms with E-state index in [-0.39, 0.29) is 5.91 Å². The van der Waals surface area contributed by atoms with E-state index in [0.29, 0.717) is 18.8 Å². The summed E-state index contributed by atoms with van der Waals surface area (Å²) in [5.41, 5.74) is 2.38. The van der Waals surface area contributed by atoms with Crippen molar-refractivity contribution in [2.45, 2.75) is 0 Å². The van der Waals surface area contributed by atoms with E-state index in [1.54, 1.807) is 14.2 Å². The number of rotatable bonds is 6. The highest BCUT2D eigenvalue weighted by atomic mass is 32.1. The van der Waals surface area contributed by atoms with Crippen LogP contribution in [0, 0.1) is 0 Å². The second kappa shape index (κ2) is 6.80. The monoisotopic (exact) mass is 331 g/mol. The van der Waals surface area contributed by atoms with Crippen molar-refractivity contribution in [2.75, 3.05) is 27.4 Å². The summed E-state index contributed by atoms with van der Waals surface area (Å²) in [6, 6.07) is 7.68. The topological polar surface area (TPSA) is 64.9 Å². The molecule has 0 aliphatic rings. The molecule has 2 aromatic heterocycles. The lowest BCUT2D eigenvalue weighted by molar-refractivity contribution is 0.0931. The van der Waals surface area contributed by atoms with Crippen molar-refractivity contribution in [2.24, 2.45) is 0 Å². The van der Waals surface area contributed by atoms with Gasteiger partial charge in [-0.2, -0.15) is 0 Å². The molecule has 0 atom stereocenters. The van der Waals surface area contributed by atoms with Gasteiger partial charge in [0.1, 0.15) is 11.4 Å². The molecule has 6 nitrogen and oxygen atoms in total. The summed E-state index contributed by atoms with van der Waals surface area (Å²) in [4.78, 5) is 17.6. The van der Waals surface area contributed by atoms with Crippen LogP contribution < -0.4 is 10.1 Å². The Labute approximate surface area is 137 Å². The highest BCUT2D eigenvalue weighted by molar-refractivity contribution is 7.15. The van der Waals surface area contributed by atoms with Gasteiger partial charge in [0.05, 0.1) is 19.4 Å². The van der Waals surface area contributed by atoms with E-state index in [0.717, 1.165) is 22.0 Å². The lowest BCUT2D eigenvalue weighted by atomic mass is 10.2. The number of carbonyl (C=O) groups is 1. The minimum Gasteiger partial charge on any atom is -0.497 e. The van der Waals surface area contributed by atoms with Gasteiger partial charge in [0.25, 0.3) is 5.91 Å². The van der Waals surface area contributed by atoms with Gasteiger partial charge in [0.2, 0.25) is 0 Å². The number of hydrogen-bond donors (Lipinski definition) is 1. The first-order chi connectivity index (χ1) is 11.2. The summed E-state index contributed by atoms with van der Waals surface area (Å²) in [6.45, 7) is 0.965. The molecule has 7 heteroatoms. The number of nitrogens with zero attached hydrogens (tertiary/aromatic N) is 2. The van der Waals surface area contributed by atoms with E-state index in [4.69, 9.17) is 9.47 Å². The Morgan fingerprint density at radius 3 is 2.78 bits per heavy atom. The Bertz CT molecular complexity index is 808. The lowest BCUT2D eigenvalue weighted by Gasteiger charge is -2.03. The molecule has 0 bridgehead atoms. The number of carbonyl (C=O) groups excluding carboxylic acids is 1. The number of hydrogen-bond acceptors (Lipinski definition) is 5. The summed E-state index contributed by atoms with van der Waals surface area (Å²) >= 11 is 1.44. The van der Waals surface area contributed by atoms with Gasteiger partial charge in [-0.15, -0.1) is 11.3 Å². The molecule has 0 spiro atoms. The number of aromatic nitrogens is 2. The van der Waals surface area contributed by atoms with Crippen LogP contribution in [0.2, 0.25) is 0 Å². The second-order valence-electron chi connectivity index (χ2n) is 4.88. The van der Waals surface area contributed by atoms with E-state index in [1.807, 2.05) is 40.2 Å². The van der Waals surface area contributed by atoms with Crippen molar-refractivity contribution >= 4 is 22.2 Å². The van der Waals surface area contributed by atoms with Crippen LogP contribution in [0.25, 0.3) is 16.2 Å². The van der Waals surface area contributed by atoms with Crippen molar-refractivity contribution in [3.63, 3.8) is 0 Å². The summed E-state index contributed by atoms with van der Waals surface area (Å²) in [5, 5.41) is 4.63. The van der Waals surface area contributed by atoms with Crippen LogP contribution in [0.4, 0.5) is 0 Å². The van der Waals surface area contributed by atoms with E-state index < -0.39 is 0 Å². The fourth-order valence-electron chi connectivity index (χ4n) is 2.21. The first kappa shape index (κ1) is 15.5. The summed E-state index contributed by atoms with van der Waals surface area (Å²) in [7, 11) is 3.24. The van der Waals surface area contributed by atoms with Crippen molar-refractivity contribution in [1.29, 1.82) is 0 Å². The Kier molecular flexibility index (Phi) is 4.59. The molecule has 0 radical (unpaired) electrons. The van der Waals surface area contributed by atoms with E-state index in [1.165, 1.54) is 11.3 Å². The number of thiazole rings is 1. The normalized spacial score (nSPS) is 10.9. The number of methoxy groups -OCH3 is 2. The van der Waals surface area contributed by atoms with Crippen LogP contribution in [-0.4, -0.2) is 42.7 Å². The Hall–Kier alpha value is -2.38. The van der Waals surface area contributed by atoms with Crippen molar-refractivity contribution in [3.8, 4) is 17.0 Å². The van der Waals surface area contributed by atoms with Gasteiger partial charge in [0, 0.05) is 30.8 Å². The first-order valence-corrected chi connectivity index (χ1v) is 7.99. The lowest BCUT2D eigenvalue weighted by Crippen LogP contribution is -2.27. The zero-order valence-electron chi connectivity index (χ0n) is 12.9. The minimum absolute atomic E-state index is 0.132. The number of imidazole rings is 1. The maximum Gasteiger partial charge on any atom is 0.269 e. The Morgan fingerprint density at radius 2 is 2.09 bits per heavy atom. The fourth-order valence-corrected chi connectivity index (χ4v) is 3.06. The van der Waals surface area contributed by atoms with Gasteiger partial charge >= 0.3 is 0 Å². The molecule has 2 heterocycles. The summed E-state index contributed by atoms with van der Waals surface area (Å²) in [5.74, 6) is 0.667. The standard InChI is InChI=1S/C16H17N3O3S/c1-21-8-7-17-15(20)14-10-23-16-18-13(9-19(14)16)11-3-5-12(22-2)6-4-11/h3-6,9-10H,7-8H2,1-2H3,(H,17,20). The minimum atomic E-state index is -0.132. The van der Waals surface area contributed by atoms with Gasteiger partial charge < -0.3 is 14.8 Å². The molecule has 3 aromatic rings. The molecule has 3 rings (SSSR count). The number of ether oxygens (including phenoxy) is 2. The van der Waals surface area contributed by atoms with Crippen LogP contribution in [0.1, 0.15) is 10.5 Å². The largest absolute Gasteiger partial charge is 0.497 e. The van der Waals surface area contributed by atoms with Gasteiger partial charge in [-0.25, -0.2) is 4.98 Å². The maximum atomic E-state index is 12.2. The van der Waals surface area contributed by atoms with Crippen molar-refractivity contribution in [3.05, 3.63) is 41.5 Å². The molecule has 120 valence electrons. The zero-order valence-corrected chi connectivity index (χ0v) is 13.7. The molecule has 1 aromatic carbocycles. The number of benzene rings is 1. The Balaban J connectivity index is 1.86. The van der Waals surface area contributed by atoms with E-state index >= 15 is 0 Å². The van der Waals surface area contributed by atoms with Crippen LogP contribution in [-0.2, 0) is 4.74 Å². The number of nitrogens with one attached hydrogen (secondary N) is 1. The smallest absolute Gasteiger partial charge is 0.269 e. The molecular formula is C16H17N3O3S. The zero-order chi connectivity index (χ0) is 16.2. The quantitative estimate of drug-likeness (QED) is 0.705. The molecule has 0 unspecified atom stereocenters. The average molecular weight is 331 g/mol. The molecule has 0 fully saturated rings. The van der Waals surface area contributed by atoms with Crippen LogP contribution in [0.15, 0.2) is 35.8 Å². The molecule has 1 N–H and O–H groups in total. The molecule has 0 aliphatic heterocycles. The summed E-state index contributed by atoms with van der Waals surface area (Å²) < 4.78 is 11.9. The third kappa shape index (κ3) is 3.20. The first-order valence-electron chi connectivity index (χ1n) is 7.11. The predicted molar refractivity (Wildman–Crippen MR) is 89.3 cm³/mol. The van der Waals surface area contributed by atoms with Gasteiger partial charge in [-0.05, 0) is 24.3 Å². The molecule has 0 aliphatic carbocycles. The fraction of sp³-hybridized carbons (Fsp3) is 0.250. The number of amides is 1. The summed E-state index contributed by atoms with van der Waals surface area (Å²) in [6.07, 6.45) is 1.87. The van der Waals surface area contributed by atoms with Gasteiger partial charge in [-0.1, -0.05) is 0 Å².